The van der Waals surface area contributed by atoms with E-state index in [9.17, 15) is 9.18 Å². The summed E-state index contributed by atoms with van der Waals surface area (Å²) in [7, 11) is 0. The van der Waals surface area contributed by atoms with E-state index in [4.69, 9.17) is 16.3 Å². The first kappa shape index (κ1) is 13.9. The van der Waals surface area contributed by atoms with Crippen LogP contribution in [-0.4, -0.2) is 19.1 Å². The van der Waals surface area contributed by atoms with Crippen LogP contribution >= 0.6 is 11.6 Å². The Morgan fingerprint density at radius 3 is 2.86 bits per heavy atom. The molecule has 1 atom stereocenters. The lowest BCUT2D eigenvalue weighted by Crippen LogP contribution is -2.24. The number of fused-ring (bicyclic) bond motifs is 1. The van der Waals surface area contributed by atoms with Crippen LogP contribution in [-0.2, 0) is 0 Å². The van der Waals surface area contributed by atoms with Gasteiger partial charge in [0, 0.05) is 5.56 Å². The Labute approximate surface area is 126 Å². The maximum atomic E-state index is 13.8. The fourth-order valence-electron chi connectivity index (χ4n) is 2.29. The maximum Gasteiger partial charge on any atom is 0.255 e. The molecule has 2 aromatic rings. The van der Waals surface area contributed by atoms with Crippen molar-refractivity contribution in [2.75, 3.05) is 13.2 Å². The Hall–Kier alpha value is -2.07. The molecule has 0 radical (unpaired) electrons. The van der Waals surface area contributed by atoms with Gasteiger partial charge in [0.25, 0.3) is 5.91 Å². The van der Waals surface area contributed by atoms with Crippen LogP contribution in [0.5, 0.6) is 5.75 Å². The van der Waals surface area contributed by atoms with Crippen LogP contribution in [0, 0.1) is 5.82 Å². The second kappa shape index (κ2) is 5.74. The molecule has 1 aliphatic rings. The SMILES string of the molecule is O=C1NCCOc2ccc(C(Cl)c3ccccc3F)cc21. The second-order valence-corrected chi connectivity index (χ2v) is 5.18. The summed E-state index contributed by atoms with van der Waals surface area (Å²) < 4.78 is 19.3. The summed E-state index contributed by atoms with van der Waals surface area (Å²) in [5, 5.41) is 2.08. The van der Waals surface area contributed by atoms with E-state index in [0.29, 0.717) is 35.6 Å². The largest absolute Gasteiger partial charge is 0.491 e. The van der Waals surface area contributed by atoms with Gasteiger partial charge in [-0.3, -0.25) is 4.79 Å². The molecule has 2 aromatic carbocycles. The Kier molecular flexibility index (Phi) is 3.80. The van der Waals surface area contributed by atoms with Gasteiger partial charge in [0.2, 0.25) is 0 Å². The molecule has 108 valence electrons. The summed E-state index contributed by atoms with van der Waals surface area (Å²) in [5.41, 5.74) is 1.46. The van der Waals surface area contributed by atoms with Gasteiger partial charge < -0.3 is 10.1 Å². The van der Waals surface area contributed by atoms with Crippen LogP contribution in [0.3, 0.4) is 0 Å². The summed E-state index contributed by atoms with van der Waals surface area (Å²) in [5.74, 6) is -0.0546. The molecule has 0 aliphatic carbocycles. The minimum atomic E-state index is -0.660. The molecule has 0 saturated heterocycles. The van der Waals surface area contributed by atoms with Crippen LogP contribution in [0.15, 0.2) is 42.5 Å². The van der Waals surface area contributed by atoms with Crippen molar-refractivity contribution in [3.8, 4) is 5.75 Å². The Morgan fingerprint density at radius 1 is 1.24 bits per heavy atom. The normalized spacial score (nSPS) is 15.4. The molecule has 1 unspecified atom stereocenters. The lowest BCUT2D eigenvalue weighted by atomic mass is 10.0. The van der Waals surface area contributed by atoms with Gasteiger partial charge in [-0.2, -0.15) is 0 Å². The van der Waals surface area contributed by atoms with Gasteiger partial charge in [-0.1, -0.05) is 24.3 Å². The van der Waals surface area contributed by atoms with Crippen LogP contribution < -0.4 is 10.1 Å². The number of amides is 1. The molecule has 0 spiro atoms. The first-order valence-corrected chi connectivity index (χ1v) is 7.04. The van der Waals surface area contributed by atoms with Crippen LogP contribution in [0.4, 0.5) is 4.39 Å². The van der Waals surface area contributed by atoms with E-state index >= 15 is 0 Å². The lowest BCUT2D eigenvalue weighted by molar-refractivity contribution is 0.0957. The van der Waals surface area contributed by atoms with Gasteiger partial charge in [-0.25, -0.2) is 4.39 Å². The van der Waals surface area contributed by atoms with Crippen molar-refractivity contribution in [3.63, 3.8) is 0 Å². The highest BCUT2D eigenvalue weighted by Crippen LogP contribution is 2.33. The zero-order valence-electron chi connectivity index (χ0n) is 11.1. The van der Waals surface area contributed by atoms with Gasteiger partial charge in [0.15, 0.2) is 0 Å². The van der Waals surface area contributed by atoms with Crippen LogP contribution in [0.1, 0.15) is 26.9 Å². The highest BCUT2D eigenvalue weighted by atomic mass is 35.5. The Bertz CT molecular complexity index is 690. The second-order valence-electron chi connectivity index (χ2n) is 4.74. The van der Waals surface area contributed by atoms with E-state index in [-0.39, 0.29) is 11.7 Å². The molecule has 5 heteroatoms. The molecule has 3 rings (SSSR count). The van der Waals surface area contributed by atoms with E-state index in [1.165, 1.54) is 6.07 Å². The fraction of sp³-hybridized carbons (Fsp3) is 0.188. The molecule has 0 aromatic heterocycles. The molecular weight excluding hydrogens is 293 g/mol. The first-order valence-electron chi connectivity index (χ1n) is 6.60. The predicted molar refractivity (Wildman–Crippen MR) is 78.4 cm³/mol. The highest BCUT2D eigenvalue weighted by Gasteiger charge is 2.21. The Balaban J connectivity index is 2.00. The van der Waals surface area contributed by atoms with Gasteiger partial charge >= 0.3 is 0 Å². The summed E-state index contributed by atoms with van der Waals surface area (Å²) in [6.07, 6.45) is 0. The van der Waals surface area contributed by atoms with Crippen molar-refractivity contribution in [1.29, 1.82) is 0 Å². The predicted octanol–water partition coefficient (Wildman–Crippen LogP) is 3.28. The van der Waals surface area contributed by atoms with E-state index < -0.39 is 5.38 Å². The van der Waals surface area contributed by atoms with E-state index in [2.05, 4.69) is 5.32 Å². The first-order chi connectivity index (χ1) is 10.2. The molecule has 0 saturated carbocycles. The van der Waals surface area contributed by atoms with Crippen molar-refractivity contribution in [2.45, 2.75) is 5.38 Å². The molecule has 1 N–H and O–H groups in total. The third-order valence-corrected chi connectivity index (χ3v) is 3.85. The average molecular weight is 306 g/mol. The van der Waals surface area contributed by atoms with Crippen LogP contribution in [0.25, 0.3) is 0 Å². The average Bonchev–Trinajstić information content (AvgIpc) is 2.69. The van der Waals surface area contributed by atoms with Crippen molar-refractivity contribution >= 4 is 17.5 Å². The minimum Gasteiger partial charge on any atom is -0.491 e. The zero-order valence-corrected chi connectivity index (χ0v) is 11.9. The number of hydrogen-bond donors (Lipinski definition) is 1. The van der Waals surface area contributed by atoms with Crippen molar-refractivity contribution in [1.82, 2.24) is 5.32 Å². The van der Waals surface area contributed by atoms with Gasteiger partial charge in [0.05, 0.1) is 17.5 Å². The van der Waals surface area contributed by atoms with E-state index in [1.807, 2.05) is 0 Å². The molecule has 1 heterocycles. The molecule has 1 amide bonds. The molecular formula is C16H13ClFNO2. The van der Waals surface area contributed by atoms with Gasteiger partial charge in [0.1, 0.15) is 18.2 Å². The summed E-state index contributed by atoms with van der Waals surface area (Å²) in [6, 6.07) is 11.4. The Morgan fingerprint density at radius 2 is 2.05 bits per heavy atom. The number of hydrogen-bond acceptors (Lipinski definition) is 2. The number of carbonyl (C=O) groups excluding carboxylic acids is 1. The molecule has 1 aliphatic heterocycles. The van der Waals surface area contributed by atoms with Crippen molar-refractivity contribution in [3.05, 3.63) is 65.0 Å². The summed E-state index contributed by atoms with van der Waals surface area (Å²) in [4.78, 5) is 12.0. The topological polar surface area (TPSA) is 38.3 Å². The minimum absolute atomic E-state index is 0.207. The molecule has 3 nitrogen and oxygen atoms in total. The number of rotatable bonds is 2. The summed E-state index contributed by atoms with van der Waals surface area (Å²) in [6.45, 7) is 0.885. The zero-order chi connectivity index (χ0) is 14.8. The smallest absolute Gasteiger partial charge is 0.255 e. The number of ether oxygens (including phenoxy) is 1. The highest BCUT2D eigenvalue weighted by molar-refractivity contribution is 6.22. The standard InChI is InChI=1S/C16H13ClFNO2/c17-15(11-3-1-2-4-13(11)18)10-5-6-14-12(9-10)16(20)19-7-8-21-14/h1-6,9,15H,7-8H2,(H,19,20). The monoisotopic (exact) mass is 305 g/mol. The number of carbonyl (C=O) groups is 1. The fourth-order valence-corrected chi connectivity index (χ4v) is 2.60. The third kappa shape index (κ3) is 2.72. The molecule has 0 fully saturated rings. The van der Waals surface area contributed by atoms with Gasteiger partial charge in [-0.15, -0.1) is 11.6 Å². The molecule has 0 bridgehead atoms. The van der Waals surface area contributed by atoms with E-state index in [0.717, 1.165) is 0 Å². The van der Waals surface area contributed by atoms with Crippen LogP contribution in [0.2, 0.25) is 0 Å². The van der Waals surface area contributed by atoms with Crippen molar-refractivity contribution < 1.29 is 13.9 Å². The number of benzene rings is 2. The third-order valence-electron chi connectivity index (χ3n) is 3.36. The maximum absolute atomic E-state index is 13.8. The van der Waals surface area contributed by atoms with Crippen molar-refractivity contribution in [2.24, 2.45) is 0 Å². The number of nitrogens with one attached hydrogen (secondary N) is 1. The molecule has 21 heavy (non-hydrogen) atoms. The van der Waals surface area contributed by atoms with E-state index in [1.54, 1.807) is 36.4 Å². The lowest BCUT2D eigenvalue weighted by Gasteiger charge is -2.13. The number of alkyl halides is 1. The number of halogens is 2. The van der Waals surface area contributed by atoms with Gasteiger partial charge in [-0.05, 0) is 23.8 Å². The quantitative estimate of drug-likeness (QED) is 0.865. The summed E-state index contributed by atoms with van der Waals surface area (Å²) >= 11 is 6.36.